The molecule has 158 valence electrons. The molecule has 3 rings (SSSR count). The average molecular weight is 440 g/mol. The zero-order valence-electron chi connectivity index (χ0n) is 16.3. The fraction of sp³-hybridized carbons (Fsp3) is 0.0870. The van der Waals surface area contributed by atoms with Crippen molar-refractivity contribution < 1.29 is 18.8 Å². The summed E-state index contributed by atoms with van der Waals surface area (Å²) in [4.78, 5) is 37.5. The molecule has 0 unspecified atom stereocenters. The Bertz CT molecular complexity index is 1060. The van der Waals surface area contributed by atoms with Crippen LogP contribution < -0.4 is 16.2 Å². The van der Waals surface area contributed by atoms with Gasteiger partial charge in [-0.3, -0.25) is 25.2 Å². The maximum absolute atomic E-state index is 13.0. The maximum atomic E-state index is 13.0. The van der Waals surface area contributed by atoms with Gasteiger partial charge in [0.15, 0.2) is 0 Å². The standard InChI is InChI=1S/C23H19ClFN3O3/c24-18-10-6-16(7-11-18)21(29)26-20(14-15-4-2-1-3-5-15)23(31)28-27-22(30)17-8-12-19(25)13-9-17/h1-13,20H,14H2,(H,26,29)(H,27,30)(H,28,31)/t20-/m0/s1. The molecule has 0 radical (unpaired) electrons. The fourth-order valence-corrected chi connectivity index (χ4v) is 2.91. The van der Waals surface area contributed by atoms with Crippen LogP contribution in [0.2, 0.25) is 5.02 Å². The summed E-state index contributed by atoms with van der Waals surface area (Å²) in [7, 11) is 0. The molecule has 0 spiro atoms. The van der Waals surface area contributed by atoms with E-state index in [4.69, 9.17) is 11.6 Å². The smallest absolute Gasteiger partial charge is 0.269 e. The number of benzene rings is 3. The average Bonchev–Trinajstić information content (AvgIpc) is 2.78. The van der Waals surface area contributed by atoms with Crippen molar-refractivity contribution in [1.29, 1.82) is 0 Å². The highest BCUT2D eigenvalue weighted by Crippen LogP contribution is 2.10. The van der Waals surface area contributed by atoms with Crippen molar-refractivity contribution in [1.82, 2.24) is 16.2 Å². The predicted molar refractivity (Wildman–Crippen MR) is 115 cm³/mol. The van der Waals surface area contributed by atoms with E-state index < -0.39 is 29.6 Å². The van der Waals surface area contributed by atoms with E-state index in [9.17, 15) is 18.8 Å². The lowest BCUT2D eigenvalue weighted by Crippen LogP contribution is -2.53. The molecular formula is C23H19ClFN3O3. The second-order valence-electron chi connectivity index (χ2n) is 6.67. The summed E-state index contributed by atoms with van der Waals surface area (Å²) in [6, 6.07) is 19.3. The topological polar surface area (TPSA) is 87.3 Å². The van der Waals surface area contributed by atoms with Gasteiger partial charge in [0, 0.05) is 22.6 Å². The van der Waals surface area contributed by atoms with Crippen LogP contribution in [0.25, 0.3) is 0 Å². The molecule has 0 heterocycles. The van der Waals surface area contributed by atoms with Gasteiger partial charge in [0.1, 0.15) is 11.9 Å². The van der Waals surface area contributed by atoms with Crippen LogP contribution >= 0.6 is 11.6 Å². The Labute approximate surface area is 183 Å². The minimum atomic E-state index is -0.959. The van der Waals surface area contributed by atoms with Crippen LogP contribution in [-0.4, -0.2) is 23.8 Å². The Balaban J connectivity index is 1.69. The van der Waals surface area contributed by atoms with Crippen molar-refractivity contribution in [3.63, 3.8) is 0 Å². The summed E-state index contributed by atoms with van der Waals surface area (Å²) in [6.45, 7) is 0. The summed E-state index contributed by atoms with van der Waals surface area (Å²) in [5.74, 6) is -2.16. The molecule has 3 amide bonds. The quantitative estimate of drug-likeness (QED) is 0.515. The van der Waals surface area contributed by atoms with Gasteiger partial charge in [-0.05, 0) is 54.1 Å². The lowest BCUT2D eigenvalue weighted by molar-refractivity contribution is -0.123. The van der Waals surface area contributed by atoms with Gasteiger partial charge in [0.05, 0.1) is 0 Å². The summed E-state index contributed by atoms with van der Waals surface area (Å²) >= 11 is 5.85. The number of halogens is 2. The van der Waals surface area contributed by atoms with Crippen LogP contribution in [0.3, 0.4) is 0 Å². The van der Waals surface area contributed by atoms with E-state index >= 15 is 0 Å². The van der Waals surface area contributed by atoms with E-state index in [2.05, 4.69) is 16.2 Å². The van der Waals surface area contributed by atoms with Gasteiger partial charge >= 0.3 is 0 Å². The molecule has 8 heteroatoms. The monoisotopic (exact) mass is 439 g/mol. The number of hydrogen-bond donors (Lipinski definition) is 3. The van der Waals surface area contributed by atoms with Crippen LogP contribution in [0.15, 0.2) is 78.9 Å². The van der Waals surface area contributed by atoms with Gasteiger partial charge < -0.3 is 5.32 Å². The normalized spacial score (nSPS) is 11.3. The number of carbonyl (C=O) groups excluding carboxylic acids is 3. The lowest BCUT2D eigenvalue weighted by Gasteiger charge is -2.19. The van der Waals surface area contributed by atoms with E-state index in [-0.39, 0.29) is 12.0 Å². The lowest BCUT2D eigenvalue weighted by atomic mass is 10.0. The number of rotatable bonds is 6. The predicted octanol–water partition coefficient (Wildman–Crippen LogP) is 3.28. The molecule has 0 aliphatic rings. The van der Waals surface area contributed by atoms with E-state index in [0.717, 1.165) is 17.7 Å². The molecule has 0 bridgehead atoms. The van der Waals surface area contributed by atoms with Crippen molar-refractivity contribution in [2.75, 3.05) is 0 Å². The second-order valence-corrected chi connectivity index (χ2v) is 7.11. The first-order valence-electron chi connectivity index (χ1n) is 9.38. The highest BCUT2D eigenvalue weighted by molar-refractivity contribution is 6.30. The van der Waals surface area contributed by atoms with Crippen molar-refractivity contribution in [3.05, 3.63) is 106 Å². The molecule has 0 aromatic heterocycles. The van der Waals surface area contributed by atoms with E-state index in [1.54, 1.807) is 24.3 Å². The molecular weight excluding hydrogens is 421 g/mol. The third kappa shape index (κ3) is 6.38. The van der Waals surface area contributed by atoms with Gasteiger partial charge in [-0.2, -0.15) is 0 Å². The minimum absolute atomic E-state index is 0.173. The van der Waals surface area contributed by atoms with Gasteiger partial charge in [-0.1, -0.05) is 41.9 Å². The maximum Gasteiger partial charge on any atom is 0.269 e. The third-order valence-electron chi connectivity index (χ3n) is 4.42. The highest BCUT2D eigenvalue weighted by atomic mass is 35.5. The van der Waals surface area contributed by atoms with Crippen LogP contribution in [0, 0.1) is 5.82 Å². The van der Waals surface area contributed by atoms with Crippen LogP contribution in [-0.2, 0) is 11.2 Å². The van der Waals surface area contributed by atoms with Gasteiger partial charge in [-0.25, -0.2) is 4.39 Å². The Morgan fingerprint density at radius 3 is 2.00 bits per heavy atom. The largest absolute Gasteiger partial charge is 0.340 e. The zero-order chi connectivity index (χ0) is 22.2. The van der Waals surface area contributed by atoms with E-state index in [1.807, 2.05) is 30.3 Å². The molecule has 0 saturated heterocycles. The Hall–Kier alpha value is -3.71. The summed E-state index contributed by atoms with van der Waals surface area (Å²) in [6.07, 6.45) is 0.207. The van der Waals surface area contributed by atoms with E-state index in [1.165, 1.54) is 12.1 Å². The van der Waals surface area contributed by atoms with Crippen molar-refractivity contribution in [2.24, 2.45) is 0 Å². The Morgan fingerprint density at radius 2 is 1.35 bits per heavy atom. The van der Waals surface area contributed by atoms with Gasteiger partial charge in [0.25, 0.3) is 17.7 Å². The number of hydrogen-bond acceptors (Lipinski definition) is 3. The number of hydrazine groups is 1. The van der Waals surface area contributed by atoms with E-state index in [0.29, 0.717) is 10.6 Å². The second kappa shape index (κ2) is 10.4. The Morgan fingerprint density at radius 1 is 0.774 bits per heavy atom. The zero-order valence-corrected chi connectivity index (χ0v) is 17.0. The first kappa shape index (κ1) is 22.0. The third-order valence-corrected chi connectivity index (χ3v) is 4.67. The number of nitrogens with one attached hydrogen (secondary N) is 3. The molecule has 3 aromatic carbocycles. The molecule has 0 aliphatic heterocycles. The molecule has 0 fully saturated rings. The van der Waals surface area contributed by atoms with Crippen LogP contribution in [0.5, 0.6) is 0 Å². The minimum Gasteiger partial charge on any atom is -0.340 e. The molecule has 6 nitrogen and oxygen atoms in total. The molecule has 0 aliphatic carbocycles. The fourth-order valence-electron chi connectivity index (χ4n) is 2.78. The van der Waals surface area contributed by atoms with Gasteiger partial charge in [-0.15, -0.1) is 0 Å². The first-order chi connectivity index (χ1) is 14.9. The molecule has 3 aromatic rings. The van der Waals surface area contributed by atoms with Crippen LogP contribution in [0.4, 0.5) is 4.39 Å². The van der Waals surface area contributed by atoms with Gasteiger partial charge in [0.2, 0.25) is 0 Å². The summed E-state index contributed by atoms with van der Waals surface area (Å²) in [5.41, 5.74) is 5.92. The van der Waals surface area contributed by atoms with Crippen molar-refractivity contribution in [2.45, 2.75) is 12.5 Å². The summed E-state index contributed by atoms with van der Waals surface area (Å²) in [5, 5.41) is 3.16. The van der Waals surface area contributed by atoms with Crippen molar-refractivity contribution in [3.8, 4) is 0 Å². The molecule has 1 atom stereocenters. The van der Waals surface area contributed by atoms with Crippen molar-refractivity contribution >= 4 is 29.3 Å². The highest BCUT2D eigenvalue weighted by Gasteiger charge is 2.22. The summed E-state index contributed by atoms with van der Waals surface area (Å²) < 4.78 is 13.0. The SMILES string of the molecule is O=C(NNC(=O)[C@H](Cc1ccccc1)NC(=O)c1ccc(Cl)cc1)c1ccc(F)cc1. The number of carbonyl (C=O) groups is 3. The molecule has 31 heavy (non-hydrogen) atoms. The molecule has 0 saturated carbocycles. The molecule has 3 N–H and O–H groups in total. The Kier molecular flexibility index (Phi) is 7.35. The van der Waals surface area contributed by atoms with Crippen LogP contribution in [0.1, 0.15) is 26.3 Å². The number of amides is 3. The first-order valence-corrected chi connectivity index (χ1v) is 9.76.